The van der Waals surface area contributed by atoms with Crippen LogP contribution in [0, 0.1) is 17.0 Å². The Morgan fingerprint density at radius 1 is 1.21 bits per heavy atom. The lowest BCUT2D eigenvalue weighted by Crippen LogP contribution is -2.36. The lowest BCUT2D eigenvalue weighted by atomic mass is 10.1. The number of carbonyl (C=O) groups excluding carboxylic acids is 2. The molecular weight excluding hydrogens is 378 g/mol. The van der Waals surface area contributed by atoms with Crippen molar-refractivity contribution < 1.29 is 24.0 Å². The van der Waals surface area contributed by atoms with Gasteiger partial charge in [-0.15, -0.1) is 0 Å². The minimum Gasteiger partial charge on any atom is -0.452 e. The highest BCUT2D eigenvalue weighted by Crippen LogP contribution is 2.30. The summed E-state index contributed by atoms with van der Waals surface area (Å²) in [5.74, 6) is -1.30. The minimum atomic E-state index is -0.804. The van der Waals surface area contributed by atoms with Gasteiger partial charge in [0, 0.05) is 24.8 Å². The van der Waals surface area contributed by atoms with Crippen molar-refractivity contribution in [2.75, 3.05) is 43.1 Å². The Labute approximate surface area is 167 Å². The van der Waals surface area contributed by atoms with Crippen LogP contribution in [0.3, 0.4) is 0 Å². The standard InChI is InChI=1S/C20H21N3O6/c1-14-4-2-3-5-16(14)21-19(24)13-29-20(25)15-6-7-17(18(12-15)23(26)27)22-8-10-28-11-9-22/h2-7,12H,8-11,13H2,1H3,(H,21,24). The summed E-state index contributed by atoms with van der Waals surface area (Å²) in [4.78, 5) is 37.1. The Balaban J connectivity index is 1.65. The topological polar surface area (TPSA) is 111 Å². The molecule has 29 heavy (non-hydrogen) atoms. The van der Waals surface area contributed by atoms with Gasteiger partial charge in [-0.2, -0.15) is 0 Å². The van der Waals surface area contributed by atoms with Gasteiger partial charge in [0.1, 0.15) is 5.69 Å². The first-order chi connectivity index (χ1) is 14.0. The molecule has 0 saturated carbocycles. The molecule has 0 spiro atoms. The Hall–Kier alpha value is -3.46. The van der Waals surface area contributed by atoms with Crippen LogP contribution >= 0.6 is 0 Å². The fourth-order valence-electron chi connectivity index (χ4n) is 2.98. The number of benzene rings is 2. The number of rotatable bonds is 6. The largest absolute Gasteiger partial charge is 0.452 e. The number of nitrogens with one attached hydrogen (secondary N) is 1. The number of hydrogen-bond donors (Lipinski definition) is 1. The SMILES string of the molecule is Cc1ccccc1NC(=O)COC(=O)c1ccc(N2CCOCC2)c([N+](=O)[O-])c1. The smallest absolute Gasteiger partial charge is 0.338 e. The summed E-state index contributed by atoms with van der Waals surface area (Å²) >= 11 is 0. The quantitative estimate of drug-likeness (QED) is 0.451. The van der Waals surface area contributed by atoms with Crippen LogP contribution in [-0.4, -0.2) is 49.7 Å². The molecule has 0 atom stereocenters. The highest BCUT2D eigenvalue weighted by atomic mass is 16.6. The molecule has 1 heterocycles. The second-order valence-corrected chi connectivity index (χ2v) is 6.50. The van der Waals surface area contributed by atoms with Crippen LogP contribution in [-0.2, 0) is 14.3 Å². The molecule has 1 N–H and O–H groups in total. The van der Waals surface area contributed by atoms with Crippen LogP contribution in [0.1, 0.15) is 15.9 Å². The number of nitro benzene ring substituents is 1. The molecule has 1 saturated heterocycles. The lowest BCUT2D eigenvalue weighted by Gasteiger charge is -2.28. The van der Waals surface area contributed by atoms with E-state index in [0.29, 0.717) is 37.7 Å². The zero-order valence-corrected chi connectivity index (χ0v) is 15.9. The molecule has 0 aliphatic carbocycles. The summed E-state index contributed by atoms with van der Waals surface area (Å²) in [6, 6.07) is 11.4. The second kappa shape index (κ2) is 9.16. The van der Waals surface area contributed by atoms with Gasteiger partial charge in [0.05, 0.1) is 23.7 Å². The van der Waals surface area contributed by atoms with Gasteiger partial charge < -0.3 is 19.7 Å². The number of nitro groups is 1. The van der Waals surface area contributed by atoms with Crippen molar-refractivity contribution in [1.82, 2.24) is 0 Å². The van der Waals surface area contributed by atoms with E-state index in [1.54, 1.807) is 12.1 Å². The van der Waals surface area contributed by atoms with Crippen molar-refractivity contribution in [3.63, 3.8) is 0 Å². The van der Waals surface area contributed by atoms with Crippen LogP contribution < -0.4 is 10.2 Å². The van der Waals surface area contributed by atoms with Crippen molar-refractivity contribution in [3.05, 3.63) is 63.7 Å². The fraction of sp³-hybridized carbons (Fsp3) is 0.300. The molecule has 0 radical (unpaired) electrons. The van der Waals surface area contributed by atoms with Crippen LogP contribution in [0.2, 0.25) is 0 Å². The van der Waals surface area contributed by atoms with E-state index in [4.69, 9.17) is 9.47 Å². The molecule has 1 aliphatic rings. The maximum Gasteiger partial charge on any atom is 0.338 e. The van der Waals surface area contributed by atoms with Crippen LogP contribution in [0.5, 0.6) is 0 Å². The van der Waals surface area contributed by atoms with Gasteiger partial charge in [0.25, 0.3) is 11.6 Å². The monoisotopic (exact) mass is 399 g/mol. The Bertz CT molecular complexity index is 924. The summed E-state index contributed by atoms with van der Waals surface area (Å²) < 4.78 is 10.3. The Morgan fingerprint density at radius 2 is 1.93 bits per heavy atom. The third-order valence-corrected chi connectivity index (χ3v) is 4.51. The molecule has 9 heteroatoms. The van der Waals surface area contributed by atoms with E-state index in [0.717, 1.165) is 5.56 Å². The van der Waals surface area contributed by atoms with Gasteiger partial charge in [0.2, 0.25) is 0 Å². The van der Waals surface area contributed by atoms with Crippen LogP contribution in [0.15, 0.2) is 42.5 Å². The maximum absolute atomic E-state index is 12.3. The van der Waals surface area contributed by atoms with Crippen molar-refractivity contribution >= 4 is 28.9 Å². The van der Waals surface area contributed by atoms with Gasteiger partial charge in [-0.25, -0.2) is 4.79 Å². The summed E-state index contributed by atoms with van der Waals surface area (Å²) in [5, 5.41) is 14.1. The lowest BCUT2D eigenvalue weighted by molar-refractivity contribution is -0.384. The van der Waals surface area contributed by atoms with E-state index in [1.165, 1.54) is 18.2 Å². The predicted molar refractivity (Wildman–Crippen MR) is 106 cm³/mol. The zero-order valence-electron chi connectivity index (χ0n) is 15.9. The number of morpholine rings is 1. The summed E-state index contributed by atoms with van der Waals surface area (Å²) in [7, 11) is 0. The highest BCUT2D eigenvalue weighted by molar-refractivity contribution is 5.96. The molecule has 1 amide bonds. The highest BCUT2D eigenvalue weighted by Gasteiger charge is 2.24. The molecule has 9 nitrogen and oxygen atoms in total. The molecule has 2 aromatic rings. The van der Waals surface area contributed by atoms with Gasteiger partial charge in [-0.05, 0) is 30.7 Å². The zero-order chi connectivity index (χ0) is 20.8. The Kier molecular flexibility index (Phi) is 6.40. The average molecular weight is 399 g/mol. The summed E-state index contributed by atoms with van der Waals surface area (Å²) in [5.41, 5.74) is 1.75. The number of carbonyl (C=O) groups is 2. The number of para-hydroxylation sites is 1. The number of nitrogens with zero attached hydrogens (tertiary/aromatic N) is 2. The van der Waals surface area contributed by atoms with Gasteiger partial charge in [0.15, 0.2) is 6.61 Å². The number of aryl methyl sites for hydroxylation is 1. The van der Waals surface area contributed by atoms with Crippen molar-refractivity contribution in [3.8, 4) is 0 Å². The van der Waals surface area contributed by atoms with E-state index >= 15 is 0 Å². The summed E-state index contributed by atoms with van der Waals surface area (Å²) in [6.07, 6.45) is 0. The molecule has 1 fully saturated rings. The first-order valence-electron chi connectivity index (χ1n) is 9.09. The fourth-order valence-corrected chi connectivity index (χ4v) is 2.98. The number of hydrogen-bond acceptors (Lipinski definition) is 7. The maximum atomic E-state index is 12.3. The normalized spacial score (nSPS) is 13.6. The van der Waals surface area contributed by atoms with Gasteiger partial charge in [-0.1, -0.05) is 18.2 Å². The first kappa shape index (κ1) is 20.3. The van der Waals surface area contributed by atoms with E-state index in [2.05, 4.69) is 5.32 Å². The molecule has 0 aromatic heterocycles. The molecular formula is C20H21N3O6. The third-order valence-electron chi connectivity index (χ3n) is 4.51. The number of ether oxygens (including phenoxy) is 2. The number of amides is 1. The molecule has 0 unspecified atom stereocenters. The van der Waals surface area contributed by atoms with Crippen LogP contribution in [0.4, 0.5) is 17.1 Å². The number of esters is 1. The third kappa shape index (κ3) is 5.08. The van der Waals surface area contributed by atoms with E-state index < -0.39 is 23.4 Å². The van der Waals surface area contributed by atoms with E-state index in [1.807, 2.05) is 24.0 Å². The minimum absolute atomic E-state index is 0.0115. The molecule has 2 aromatic carbocycles. The molecule has 3 rings (SSSR count). The van der Waals surface area contributed by atoms with E-state index in [-0.39, 0.29) is 11.3 Å². The predicted octanol–water partition coefficient (Wildman–Crippen LogP) is 2.54. The first-order valence-corrected chi connectivity index (χ1v) is 9.09. The average Bonchev–Trinajstić information content (AvgIpc) is 2.74. The van der Waals surface area contributed by atoms with Crippen molar-refractivity contribution in [1.29, 1.82) is 0 Å². The molecule has 1 aliphatic heterocycles. The van der Waals surface area contributed by atoms with Gasteiger partial charge >= 0.3 is 5.97 Å². The second-order valence-electron chi connectivity index (χ2n) is 6.50. The Morgan fingerprint density at radius 3 is 2.62 bits per heavy atom. The number of anilines is 2. The van der Waals surface area contributed by atoms with Crippen LogP contribution in [0.25, 0.3) is 0 Å². The summed E-state index contributed by atoms with van der Waals surface area (Å²) in [6.45, 7) is 3.38. The van der Waals surface area contributed by atoms with E-state index in [9.17, 15) is 19.7 Å². The molecule has 152 valence electrons. The van der Waals surface area contributed by atoms with Gasteiger partial charge in [-0.3, -0.25) is 14.9 Å². The van der Waals surface area contributed by atoms with Crippen molar-refractivity contribution in [2.24, 2.45) is 0 Å². The molecule has 0 bridgehead atoms. The van der Waals surface area contributed by atoms with Crippen molar-refractivity contribution in [2.45, 2.75) is 6.92 Å².